The Kier molecular flexibility index (Phi) is 5.94. The summed E-state index contributed by atoms with van der Waals surface area (Å²) in [5.41, 5.74) is 2.37. The highest BCUT2D eigenvalue weighted by atomic mass is 32.2. The Morgan fingerprint density at radius 3 is 2.63 bits per heavy atom. The number of hydrogen-bond donors (Lipinski definition) is 0. The fourth-order valence-corrected chi connectivity index (χ4v) is 3.71. The lowest BCUT2D eigenvalue weighted by Crippen LogP contribution is -1.98. The summed E-state index contributed by atoms with van der Waals surface area (Å²) in [4.78, 5) is 4.39. The van der Waals surface area contributed by atoms with Gasteiger partial charge in [-0.1, -0.05) is 66.3 Å². The second-order valence-electron chi connectivity index (χ2n) is 7.16. The number of nitrogens with zero attached hydrogens (tertiary/aromatic N) is 4. The van der Waals surface area contributed by atoms with E-state index in [0.29, 0.717) is 40.4 Å². The summed E-state index contributed by atoms with van der Waals surface area (Å²) in [5, 5.41) is 12.5. The lowest BCUT2D eigenvalue weighted by Gasteiger charge is -2.08. The number of halogens is 1. The van der Waals surface area contributed by atoms with Crippen LogP contribution in [0.15, 0.2) is 62.7 Å². The molecule has 8 heteroatoms. The van der Waals surface area contributed by atoms with Gasteiger partial charge in [0.05, 0.1) is 5.25 Å². The molecule has 0 radical (unpaired) electrons. The maximum absolute atomic E-state index is 13.8. The zero-order valence-corrected chi connectivity index (χ0v) is 17.7. The van der Waals surface area contributed by atoms with Gasteiger partial charge in [0.25, 0.3) is 5.22 Å². The van der Waals surface area contributed by atoms with Gasteiger partial charge in [-0.05, 0) is 37.0 Å². The highest BCUT2D eigenvalue weighted by Crippen LogP contribution is 2.34. The molecule has 2 heterocycles. The fourth-order valence-electron chi connectivity index (χ4n) is 2.98. The monoisotopic (exact) mass is 424 g/mol. The number of aromatic nitrogens is 4. The summed E-state index contributed by atoms with van der Waals surface area (Å²) >= 11 is 1.34. The lowest BCUT2D eigenvalue weighted by atomic mass is 9.98. The van der Waals surface area contributed by atoms with Gasteiger partial charge >= 0.3 is 0 Å². The van der Waals surface area contributed by atoms with Crippen LogP contribution >= 0.6 is 11.8 Å². The van der Waals surface area contributed by atoms with E-state index in [0.717, 1.165) is 0 Å². The van der Waals surface area contributed by atoms with Gasteiger partial charge in [0, 0.05) is 12.0 Å². The van der Waals surface area contributed by atoms with Crippen LogP contribution in [0.4, 0.5) is 4.39 Å². The molecule has 0 aliphatic heterocycles. The van der Waals surface area contributed by atoms with Crippen LogP contribution in [0.1, 0.15) is 47.9 Å². The molecular weight excluding hydrogens is 403 g/mol. The van der Waals surface area contributed by atoms with Crippen LogP contribution in [0.5, 0.6) is 0 Å². The Morgan fingerprint density at radius 1 is 1.07 bits per heavy atom. The third-order valence-corrected chi connectivity index (χ3v) is 5.72. The van der Waals surface area contributed by atoms with Gasteiger partial charge in [-0.25, -0.2) is 4.39 Å². The molecule has 0 spiro atoms. The fraction of sp³-hybridized carbons (Fsp3) is 0.273. The van der Waals surface area contributed by atoms with E-state index in [1.807, 2.05) is 25.1 Å². The molecule has 2 atom stereocenters. The van der Waals surface area contributed by atoms with Gasteiger partial charge in [0.15, 0.2) is 0 Å². The predicted octanol–water partition coefficient (Wildman–Crippen LogP) is 5.77. The van der Waals surface area contributed by atoms with Crippen LogP contribution in [0.2, 0.25) is 0 Å². The van der Waals surface area contributed by atoms with E-state index in [1.165, 1.54) is 23.4 Å². The van der Waals surface area contributed by atoms with Crippen molar-refractivity contribution in [2.24, 2.45) is 0 Å². The Hall–Kier alpha value is -3.00. The van der Waals surface area contributed by atoms with E-state index in [1.54, 1.807) is 19.1 Å². The summed E-state index contributed by atoms with van der Waals surface area (Å²) in [6.45, 7) is 5.75. The molecule has 6 nitrogen and oxygen atoms in total. The first-order chi connectivity index (χ1) is 14.5. The topological polar surface area (TPSA) is 77.8 Å². The first-order valence-corrected chi connectivity index (χ1v) is 10.5. The van der Waals surface area contributed by atoms with Gasteiger partial charge < -0.3 is 8.94 Å². The first-order valence-electron chi connectivity index (χ1n) is 9.63. The molecule has 0 aliphatic rings. The summed E-state index contributed by atoms with van der Waals surface area (Å²) in [6, 6.07) is 15.1. The summed E-state index contributed by atoms with van der Waals surface area (Å²) in [5.74, 6) is 1.31. The van der Waals surface area contributed by atoms with Gasteiger partial charge in [0.1, 0.15) is 5.82 Å². The van der Waals surface area contributed by atoms with Crippen LogP contribution in [0, 0.1) is 12.7 Å². The van der Waals surface area contributed by atoms with Crippen LogP contribution in [-0.4, -0.2) is 20.3 Å². The molecular formula is C22H21FN4O2S. The predicted molar refractivity (Wildman–Crippen MR) is 112 cm³/mol. The zero-order chi connectivity index (χ0) is 21.1. The second-order valence-corrected chi connectivity index (χ2v) is 8.45. The number of thioether (sulfide) groups is 1. The van der Waals surface area contributed by atoms with Crippen molar-refractivity contribution >= 4 is 11.8 Å². The molecule has 154 valence electrons. The second kappa shape index (κ2) is 8.79. The molecule has 4 rings (SSSR count). The Morgan fingerprint density at radius 2 is 1.87 bits per heavy atom. The molecule has 0 N–H and O–H groups in total. The Labute approximate surface area is 177 Å². The van der Waals surface area contributed by atoms with Crippen molar-refractivity contribution < 1.29 is 13.3 Å². The molecule has 2 aromatic heterocycles. The normalized spacial score (nSPS) is 13.3. The number of benzene rings is 2. The minimum atomic E-state index is -0.301. The van der Waals surface area contributed by atoms with Crippen molar-refractivity contribution in [3.05, 3.63) is 77.3 Å². The third kappa shape index (κ3) is 4.59. The molecule has 0 fully saturated rings. The van der Waals surface area contributed by atoms with Crippen molar-refractivity contribution in [3.63, 3.8) is 0 Å². The zero-order valence-electron chi connectivity index (χ0n) is 16.9. The largest absolute Gasteiger partial charge is 0.416 e. The minimum absolute atomic E-state index is 0.193. The summed E-state index contributed by atoms with van der Waals surface area (Å²) < 4.78 is 24.9. The highest BCUT2D eigenvalue weighted by molar-refractivity contribution is 7.99. The van der Waals surface area contributed by atoms with Crippen LogP contribution < -0.4 is 0 Å². The maximum Gasteiger partial charge on any atom is 0.277 e. The molecule has 0 bridgehead atoms. The van der Waals surface area contributed by atoms with E-state index in [9.17, 15) is 4.39 Å². The molecule has 4 aromatic rings. The smallest absolute Gasteiger partial charge is 0.277 e. The van der Waals surface area contributed by atoms with Crippen LogP contribution in [0.25, 0.3) is 11.4 Å². The van der Waals surface area contributed by atoms with Crippen molar-refractivity contribution in [2.45, 2.75) is 43.6 Å². The van der Waals surface area contributed by atoms with Crippen LogP contribution in [0.3, 0.4) is 0 Å². The van der Waals surface area contributed by atoms with E-state index in [2.05, 4.69) is 39.4 Å². The standard InChI is InChI=1S/C22H21FN4O2S/c1-13-9-10-17(12-18(13)23)20-24-21(29-27-20)15(3)30-22-26-25-19(28-22)11-14(2)16-7-5-4-6-8-16/h4-10,12,14-15H,11H2,1-3H3. The first kappa shape index (κ1) is 20.3. The number of rotatable bonds is 7. The molecule has 30 heavy (non-hydrogen) atoms. The summed E-state index contributed by atoms with van der Waals surface area (Å²) in [7, 11) is 0. The molecule has 0 amide bonds. The van der Waals surface area contributed by atoms with E-state index in [4.69, 9.17) is 8.94 Å². The van der Waals surface area contributed by atoms with E-state index in [-0.39, 0.29) is 17.0 Å². The number of hydrogen-bond acceptors (Lipinski definition) is 7. The third-order valence-electron chi connectivity index (χ3n) is 4.79. The molecule has 0 saturated carbocycles. The van der Waals surface area contributed by atoms with Crippen molar-refractivity contribution in [3.8, 4) is 11.4 Å². The van der Waals surface area contributed by atoms with Crippen molar-refractivity contribution in [2.75, 3.05) is 0 Å². The van der Waals surface area contributed by atoms with Gasteiger partial charge in [0.2, 0.25) is 17.6 Å². The van der Waals surface area contributed by atoms with Gasteiger partial charge in [-0.3, -0.25) is 0 Å². The summed E-state index contributed by atoms with van der Waals surface area (Å²) in [6.07, 6.45) is 0.662. The van der Waals surface area contributed by atoms with Crippen molar-refractivity contribution in [1.29, 1.82) is 0 Å². The molecule has 0 aliphatic carbocycles. The molecule has 2 unspecified atom stereocenters. The average Bonchev–Trinajstić information content (AvgIpc) is 3.40. The van der Waals surface area contributed by atoms with Gasteiger partial charge in [-0.15, -0.1) is 10.2 Å². The van der Waals surface area contributed by atoms with E-state index < -0.39 is 0 Å². The Balaban J connectivity index is 1.40. The Bertz CT molecular complexity index is 1130. The number of aryl methyl sites for hydroxylation is 1. The molecule has 2 aromatic carbocycles. The van der Waals surface area contributed by atoms with E-state index >= 15 is 0 Å². The highest BCUT2D eigenvalue weighted by Gasteiger charge is 2.20. The average molecular weight is 425 g/mol. The maximum atomic E-state index is 13.8. The minimum Gasteiger partial charge on any atom is -0.416 e. The molecule has 0 saturated heterocycles. The van der Waals surface area contributed by atoms with Crippen molar-refractivity contribution in [1.82, 2.24) is 20.3 Å². The SMILES string of the molecule is Cc1ccc(-c2noc(C(C)Sc3nnc(CC(C)c4ccccc4)o3)n2)cc1F. The van der Waals surface area contributed by atoms with Gasteiger partial charge in [-0.2, -0.15) is 4.98 Å². The van der Waals surface area contributed by atoms with Crippen LogP contribution in [-0.2, 0) is 6.42 Å². The lowest BCUT2D eigenvalue weighted by molar-refractivity contribution is 0.377. The quantitative estimate of drug-likeness (QED) is 0.349.